The van der Waals surface area contributed by atoms with Crippen LogP contribution in [0.1, 0.15) is 5.56 Å². The molecule has 1 aromatic carbocycles. The van der Waals surface area contributed by atoms with Gasteiger partial charge in [0.15, 0.2) is 0 Å². The van der Waals surface area contributed by atoms with Crippen molar-refractivity contribution in [2.24, 2.45) is 0 Å². The number of hydrogen-bond acceptors (Lipinski definition) is 2. The minimum absolute atomic E-state index is 0.122. The maximum absolute atomic E-state index is 12.0. The van der Waals surface area contributed by atoms with Gasteiger partial charge in [-0.1, -0.05) is 6.07 Å². The Balaban J connectivity index is 2.28. The fourth-order valence-electron chi connectivity index (χ4n) is 1.60. The van der Waals surface area contributed by atoms with Gasteiger partial charge in [0.1, 0.15) is 5.75 Å². The molecule has 2 rings (SSSR count). The summed E-state index contributed by atoms with van der Waals surface area (Å²) in [5, 5.41) is 0. The second kappa shape index (κ2) is 5.78. The van der Waals surface area contributed by atoms with E-state index in [-0.39, 0.29) is 5.75 Å². The van der Waals surface area contributed by atoms with Gasteiger partial charge in [0.2, 0.25) is 0 Å². The zero-order chi connectivity index (χ0) is 13.0. The average molecular weight is 270 g/mol. The van der Waals surface area contributed by atoms with Gasteiger partial charge in [0.25, 0.3) is 0 Å². The standard InChI is InChI=1S/C13H10ClF2NO/c14-8-10-2-1-7-17-12(10)9-3-5-11(6-4-9)18-13(15)16/h1-7,13H,8H2. The number of nitrogens with zero attached hydrogens (tertiary/aromatic N) is 1. The van der Waals surface area contributed by atoms with Crippen molar-refractivity contribution in [1.29, 1.82) is 0 Å². The lowest BCUT2D eigenvalue weighted by Crippen LogP contribution is -2.01. The van der Waals surface area contributed by atoms with Crippen LogP contribution in [0.4, 0.5) is 8.78 Å². The quantitative estimate of drug-likeness (QED) is 0.780. The average Bonchev–Trinajstić information content (AvgIpc) is 2.39. The third kappa shape index (κ3) is 2.96. The Morgan fingerprint density at radius 2 is 1.89 bits per heavy atom. The van der Waals surface area contributed by atoms with Crippen LogP contribution in [0.25, 0.3) is 11.3 Å². The van der Waals surface area contributed by atoms with Gasteiger partial charge in [0, 0.05) is 17.6 Å². The zero-order valence-corrected chi connectivity index (χ0v) is 10.1. The van der Waals surface area contributed by atoms with Crippen LogP contribution < -0.4 is 4.74 Å². The van der Waals surface area contributed by atoms with E-state index in [1.807, 2.05) is 6.07 Å². The minimum atomic E-state index is -2.82. The maximum atomic E-state index is 12.0. The Bertz CT molecular complexity index is 517. The summed E-state index contributed by atoms with van der Waals surface area (Å²) < 4.78 is 28.3. The first kappa shape index (κ1) is 12.8. The normalized spacial score (nSPS) is 10.7. The van der Waals surface area contributed by atoms with Crippen LogP contribution in [0.15, 0.2) is 42.6 Å². The molecule has 2 nitrogen and oxygen atoms in total. The van der Waals surface area contributed by atoms with E-state index in [0.717, 1.165) is 16.8 Å². The molecule has 94 valence electrons. The summed E-state index contributed by atoms with van der Waals surface area (Å²) in [4.78, 5) is 4.24. The number of hydrogen-bond donors (Lipinski definition) is 0. The highest BCUT2D eigenvalue weighted by atomic mass is 35.5. The molecule has 0 spiro atoms. The third-order valence-electron chi connectivity index (χ3n) is 2.39. The number of rotatable bonds is 4. The van der Waals surface area contributed by atoms with Gasteiger partial charge in [-0.15, -0.1) is 11.6 Å². The highest BCUT2D eigenvalue weighted by molar-refractivity contribution is 6.17. The lowest BCUT2D eigenvalue weighted by Gasteiger charge is -2.08. The SMILES string of the molecule is FC(F)Oc1ccc(-c2ncccc2CCl)cc1. The number of pyridine rings is 1. The van der Waals surface area contributed by atoms with Crippen molar-refractivity contribution >= 4 is 11.6 Å². The van der Waals surface area contributed by atoms with Gasteiger partial charge in [-0.05, 0) is 35.9 Å². The van der Waals surface area contributed by atoms with Gasteiger partial charge < -0.3 is 4.74 Å². The van der Waals surface area contributed by atoms with E-state index in [0.29, 0.717) is 5.88 Å². The Kier molecular flexibility index (Phi) is 4.10. The van der Waals surface area contributed by atoms with Gasteiger partial charge in [-0.2, -0.15) is 8.78 Å². The predicted molar refractivity (Wildman–Crippen MR) is 65.9 cm³/mol. The van der Waals surface area contributed by atoms with Crippen LogP contribution in [0, 0.1) is 0 Å². The fraction of sp³-hybridized carbons (Fsp3) is 0.154. The number of benzene rings is 1. The number of ether oxygens (including phenoxy) is 1. The summed E-state index contributed by atoms with van der Waals surface area (Å²) in [6.07, 6.45) is 1.66. The van der Waals surface area contributed by atoms with Crippen LogP contribution in [0.3, 0.4) is 0 Å². The van der Waals surface area contributed by atoms with Crippen molar-refractivity contribution in [2.45, 2.75) is 12.5 Å². The molecule has 0 bridgehead atoms. The molecule has 2 aromatic rings. The molecule has 0 aliphatic rings. The van der Waals surface area contributed by atoms with Gasteiger partial charge in [-0.25, -0.2) is 0 Å². The highest BCUT2D eigenvalue weighted by Gasteiger charge is 2.07. The topological polar surface area (TPSA) is 22.1 Å². The molecule has 1 heterocycles. The summed E-state index contributed by atoms with van der Waals surface area (Å²) in [6, 6.07) is 9.99. The zero-order valence-electron chi connectivity index (χ0n) is 9.32. The summed E-state index contributed by atoms with van der Waals surface area (Å²) in [7, 11) is 0. The molecular weight excluding hydrogens is 260 g/mol. The first-order chi connectivity index (χ1) is 8.70. The lowest BCUT2D eigenvalue weighted by molar-refractivity contribution is -0.0498. The van der Waals surface area contributed by atoms with E-state index in [4.69, 9.17) is 11.6 Å². The molecule has 0 amide bonds. The van der Waals surface area contributed by atoms with Crippen LogP contribution in [-0.4, -0.2) is 11.6 Å². The molecule has 0 saturated carbocycles. The summed E-state index contributed by atoms with van der Waals surface area (Å²) in [6.45, 7) is -2.82. The molecular formula is C13H10ClF2NO. The molecule has 5 heteroatoms. The molecule has 0 N–H and O–H groups in total. The molecule has 1 aromatic heterocycles. The Hall–Kier alpha value is -1.68. The third-order valence-corrected chi connectivity index (χ3v) is 2.68. The van der Waals surface area contributed by atoms with Crippen LogP contribution in [0.2, 0.25) is 0 Å². The van der Waals surface area contributed by atoms with Crippen molar-refractivity contribution in [1.82, 2.24) is 4.98 Å². The van der Waals surface area contributed by atoms with Gasteiger partial charge in [-0.3, -0.25) is 4.98 Å². The highest BCUT2D eigenvalue weighted by Crippen LogP contribution is 2.25. The minimum Gasteiger partial charge on any atom is -0.435 e. The molecule has 0 radical (unpaired) electrons. The van der Waals surface area contributed by atoms with Crippen molar-refractivity contribution in [3.05, 3.63) is 48.2 Å². The largest absolute Gasteiger partial charge is 0.435 e. The van der Waals surface area contributed by atoms with Crippen LogP contribution in [-0.2, 0) is 5.88 Å². The molecule has 0 aliphatic carbocycles. The predicted octanol–water partition coefficient (Wildman–Crippen LogP) is 4.09. The van der Waals surface area contributed by atoms with E-state index in [2.05, 4.69) is 9.72 Å². The van der Waals surface area contributed by atoms with Crippen molar-refractivity contribution in [3.63, 3.8) is 0 Å². The molecule has 18 heavy (non-hydrogen) atoms. The number of alkyl halides is 3. The van der Waals surface area contributed by atoms with Crippen molar-refractivity contribution < 1.29 is 13.5 Å². The summed E-state index contributed by atoms with van der Waals surface area (Å²) in [5.41, 5.74) is 2.45. The van der Waals surface area contributed by atoms with Crippen molar-refractivity contribution in [2.75, 3.05) is 0 Å². The lowest BCUT2D eigenvalue weighted by atomic mass is 10.1. The van der Waals surface area contributed by atoms with Gasteiger partial charge in [0.05, 0.1) is 5.69 Å². The second-order valence-electron chi connectivity index (χ2n) is 3.55. The van der Waals surface area contributed by atoms with E-state index < -0.39 is 6.61 Å². The smallest absolute Gasteiger partial charge is 0.387 e. The number of aromatic nitrogens is 1. The van der Waals surface area contributed by atoms with Crippen LogP contribution >= 0.6 is 11.6 Å². The molecule has 0 unspecified atom stereocenters. The van der Waals surface area contributed by atoms with E-state index >= 15 is 0 Å². The Morgan fingerprint density at radius 1 is 1.17 bits per heavy atom. The first-order valence-electron chi connectivity index (χ1n) is 5.26. The molecule has 0 atom stereocenters. The Morgan fingerprint density at radius 3 is 2.50 bits per heavy atom. The maximum Gasteiger partial charge on any atom is 0.387 e. The molecule has 0 aliphatic heterocycles. The second-order valence-corrected chi connectivity index (χ2v) is 3.81. The molecule has 0 fully saturated rings. The van der Waals surface area contributed by atoms with E-state index in [1.54, 1.807) is 24.4 Å². The number of halogens is 3. The monoisotopic (exact) mass is 269 g/mol. The molecule has 0 saturated heterocycles. The summed E-state index contributed by atoms with van der Waals surface area (Å²) >= 11 is 5.82. The van der Waals surface area contributed by atoms with Crippen molar-refractivity contribution in [3.8, 4) is 17.0 Å². The van der Waals surface area contributed by atoms with E-state index in [1.165, 1.54) is 12.1 Å². The Labute approximate surface area is 108 Å². The van der Waals surface area contributed by atoms with Gasteiger partial charge >= 0.3 is 6.61 Å². The van der Waals surface area contributed by atoms with Crippen LogP contribution in [0.5, 0.6) is 5.75 Å². The van der Waals surface area contributed by atoms with E-state index in [9.17, 15) is 8.78 Å². The fourth-order valence-corrected chi connectivity index (χ4v) is 1.82. The first-order valence-corrected chi connectivity index (χ1v) is 5.79. The summed E-state index contributed by atoms with van der Waals surface area (Å²) in [5.74, 6) is 0.468.